The van der Waals surface area contributed by atoms with E-state index in [1.54, 1.807) is 7.11 Å². The number of imidazole rings is 1. The van der Waals surface area contributed by atoms with Crippen molar-refractivity contribution in [3.8, 4) is 5.75 Å². The molecule has 96 valence electrons. The van der Waals surface area contributed by atoms with Crippen LogP contribution < -0.4 is 10.1 Å². The molecule has 2 N–H and O–H groups in total. The molecule has 1 unspecified atom stereocenters. The first kappa shape index (κ1) is 11.5. The zero-order valence-corrected chi connectivity index (χ0v) is 10.7. The average molecular weight is 245 g/mol. The molecule has 0 aliphatic carbocycles. The molecule has 0 spiro atoms. The van der Waals surface area contributed by atoms with E-state index in [2.05, 4.69) is 15.3 Å². The normalized spacial score (nSPS) is 20.2. The van der Waals surface area contributed by atoms with Crippen LogP contribution in [0.1, 0.15) is 18.7 Å². The molecule has 4 nitrogen and oxygen atoms in total. The summed E-state index contributed by atoms with van der Waals surface area (Å²) in [5, 5.41) is 3.45. The minimum atomic E-state index is 0.699. The second-order valence-electron chi connectivity index (χ2n) is 4.96. The van der Waals surface area contributed by atoms with Crippen LogP contribution in [0.4, 0.5) is 0 Å². The Labute approximate surface area is 107 Å². The van der Waals surface area contributed by atoms with Crippen molar-refractivity contribution in [2.24, 2.45) is 5.92 Å². The Bertz CT molecular complexity index is 529. The van der Waals surface area contributed by atoms with Gasteiger partial charge in [0.2, 0.25) is 0 Å². The lowest BCUT2D eigenvalue weighted by atomic mass is 9.96. The average Bonchev–Trinajstić information content (AvgIpc) is 2.82. The lowest BCUT2D eigenvalue weighted by Crippen LogP contribution is -2.31. The lowest BCUT2D eigenvalue weighted by molar-refractivity contribution is 0.371. The second kappa shape index (κ2) is 4.98. The van der Waals surface area contributed by atoms with Crippen molar-refractivity contribution < 1.29 is 4.74 Å². The molecule has 0 saturated carbocycles. The number of nitrogens with zero attached hydrogens (tertiary/aromatic N) is 1. The Hall–Kier alpha value is -1.55. The Kier molecular flexibility index (Phi) is 3.19. The van der Waals surface area contributed by atoms with Gasteiger partial charge in [0.05, 0.1) is 12.6 Å². The van der Waals surface area contributed by atoms with Gasteiger partial charge < -0.3 is 15.0 Å². The van der Waals surface area contributed by atoms with Crippen LogP contribution in [0.15, 0.2) is 18.2 Å². The fourth-order valence-corrected chi connectivity index (χ4v) is 2.69. The van der Waals surface area contributed by atoms with Crippen LogP contribution in [0.25, 0.3) is 11.0 Å². The summed E-state index contributed by atoms with van der Waals surface area (Å²) in [5.74, 6) is 2.62. The summed E-state index contributed by atoms with van der Waals surface area (Å²) in [6.07, 6.45) is 3.58. The number of ether oxygens (including phenoxy) is 1. The highest BCUT2D eigenvalue weighted by atomic mass is 16.5. The predicted octanol–water partition coefficient (Wildman–Crippen LogP) is 2.11. The van der Waals surface area contributed by atoms with E-state index < -0.39 is 0 Å². The zero-order valence-electron chi connectivity index (χ0n) is 10.7. The van der Waals surface area contributed by atoms with Crippen LogP contribution in [0.5, 0.6) is 5.75 Å². The van der Waals surface area contributed by atoms with E-state index in [1.165, 1.54) is 12.8 Å². The predicted molar refractivity (Wildman–Crippen MR) is 71.9 cm³/mol. The van der Waals surface area contributed by atoms with Gasteiger partial charge in [0.25, 0.3) is 0 Å². The summed E-state index contributed by atoms with van der Waals surface area (Å²) in [6, 6.07) is 5.99. The number of para-hydroxylation sites is 1. The number of rotatable bonds is 3. The van der Waals surface area contributed by atoms with Crippen molar-refractivity contribution >= 4 is 11.0 Å². The maximum atomic E-state index is 5.34. The standard InChI is InChI=1S/C14H19N3O/c1-18-12-6-2-5-11-14(12)17-13(16-11)8-10-4-3-7-15-9-10/h2,5-6,10,15H,3-4,7-9H2,1H3,(H,16,17). The molecule has 1 aromatic carbocycles. The molecule has 1 aromatic heterocycles. The summed E-state index contributed by atoms with van der Waals surface area (Å²) in [5.41, 5.74) is 2.01. The van der Waals surface area contributed by atoms with Gasteiger partial charge in [-0.1, -0.05) is 6.07 Å². The van der Waals surface area contributed by atoms with Gasteiger partial charge in [-0.3, -0.25) is 0 Å². The highest BCUT2D eigenvalue weighted by Gasteiger charge is 2.16. The van der Waals surface area contributed by atoms with E-state index in [0.717, 1.165) is 42.1 Å². The van der Waals surface area contributed by atoms with Gasteiger partial charge >= 0.3 is 0 Å². The molecule has 2 heterocycles. The molecule has 1 saturated heterocycles. The minimum Gasteiger partial charge on any atom is -0.494 e. The van der Waals surface area contributed by atoms with Crippen LogP contribution >= 0.6 is 0 Å². The SMILES string of the molecule is COc1cccc2[nH]c(CC3CCCNC3)nc12. The molecule has 1 fully saturated rings. The first-order chi connectivity index (χ1) is 8.86. The highest BCUT2D eigenvalue weighted by Crippen LogP contribution is 2.24. The van der Waals surface area contributed by atoms with Gasteiger partial charge in [-0.25, -0.2) is 4.98 Å². The quantitative estimate of drug-likeness (QED) is 0.870. The first-order valence-electron chi connectivity index (χ1n) is 6.59. The first-order valence-corrected chi connectivity index (χ1v) is 6.59. The van der Waals surface area contributed by atoms with Gasteiger partial charge in [0.15, 0.2) is 0 Å². The zero-order chi connectivity index (χ0) is 12.4. The van der Waals surface area contributed by atoms with Crippen LogP contribution in [-0.4, -0.2) is 30.2 Å². The third-order valence-corrected chi connectivity index (χ3v) is 3.63. The summed E-state index contributed by atoms with van der Waals surface area (Å²) < 4.78 is 5.34. The number of methoxy groups -OCH3 is 1. The van der Waals surface area contributed by atoms with Crippen LogP contribution in [0, 0.1) is 5.92 Å². The highest BCUT2D eigenvalue weighted by molar-refractivity contribution is 5.81. The molecular weight excluding hydrogens is 226 g/mol. The molecule has 4 heteroatoms. The fourth-order valence-electron chi connectivity index (χ4n) is 2.69. The number of benzene rings is 1. The number of hydrogen-bond donors (Lipinski definition) is 2. The Balaban J connectivity index is 1.84. The van der Waals surface area contributed by atoms with Crippen molar-refractivity contribution in [2.75, 3.05) is 20.2 Å². The number of aromatic amines is 1. The molecule has 1 atom stereocenters. The van der Waals surface area contributed by atoms with Gasteiger partial charge in [-0.15, -0.1) is 0 Å². The van der Waals surface area contributed by atoms with Crippen LogP contribution in [0.3, 0.4) is 0 Å². The number of H-pyrrole nitrogens is 1. The second-order valence-corrected chi connectivity index (χ2v) is 4.96. The van der Waals surface area contributed by atoms with Crippen molar-refractivity contribution in [3.63, 3.8) is 0 Å². The Morgan fingerprint density at radius 1 is 1.44 bits per heavy atom. The summed E-state index contributed by atoms with van der Waals surface area (Å²) in [7, 11) is 1.69. The van der Waals surface area contributed by atoms with E-state index in [0.29, 0.717) is 5.92 Å². The summed E-state index contributed by atoms with van der Waals surface area (Å²) in [4.78, 5) is 8.07. The molecule has 1 aliphatic rings. The van der Waals surface area contributed by atoms with Gasteiger partial charge in [0.1, 0.15) is 17.1 Å². The topological polar surface area (TPSA) is 49.9 Å². The van der Waals surface area contributed by atoms with Crippen LogP contribution in [-0.2, 0) is 6.42 Å². The lowest BCUT2D eigenvalue weighted by Gasteiger charge is -2.21. The molecule has 2 aromatic rings. The largest absolute Gasteiger partial charge is 0.494 e. The monoisotopic (exact) mass is 245 g/mol. The van der Waals surface area contributed by atoms with E-state index in [1.807, 2.05) is 18.2 Å². The molecular formula is C14H19N3O. The van der Waals surface area contributed by atoms with E-state index in [9.17, 15) is 0 Å². The summed E-state index contributed by atoms with van der Waals surface area (Å²) >= 11 is 0. The van der Waals surface area contributed by atoms with Gasteiger partial charge in [-0.05, 0) is 44.0 Å². The van der Waals surface area contributed by atoms with Crippen molar-refractivity contribution in [3.05, 3.63) is 24.0 Å². The minimum absolute atomic E-state index is 0.699. The van der Waals surface area contributed by atoms with Crippen molar-refractivity contribution in [1.29, 1.82) is 0 Å². The number of hydrogen-bond acceptors (Lipinski definition) is 3. The molecule has 18 heavy (non-hydrogen) atoms. The van der Waals surface area contributed by atoms with Gasteiger partial charge in [-0.2, -0.15) is 0 Å². The third kappa shape index (κ3) is 2.20. The Morgan fingerprint density at radius 3 is 3.17 bits per heavy atom. The molecule has 0 bridgehead atoms. The van der Waals surface area contributed by atoms with E-state index in [-0.39, 0.29) is 0 Å². The third-order valence-electron chi connectivity index (χ3n) is 3.63. The smallest absolute Gasteiger partial charge is 0.146 e. The van der Waals surface area contributed by atoms with Crippen molar-refractivity contribution in [2.45, 2.75) is 19.3 Å². The maximum Gasteiger partial charge on any atom is 0.146 e. The molecule has 0 radical (unpaired) electrons. The number of nitrogens with one attached hydrogen (secondary N) is 2. The van der Waals surface area contributed by atoms with Crippen LogP contribution in [0.2, 0.25) is 0 Å². The maximum absolute atomic E-state index is 5.34. The molecule has 0 amide bonds. The molecule has 1 aliphatic heterocycles. The van der Waals surface area contributed by atoms with Crippen molar-refractivity contribution in [1.82, 2.24) is 15.3 Å². The van der Waals surface area contributed by atoms with E-state index in [4.69, 9.17) is 4.74 Å². The number of fused-ring (bicyclic) bond motifs is 1. The fraction of sp³-hybridized carbons (Fsp3) is 0.500. The number of piperidine rings is 1. The number of aromatic nitrogens is 2. The van der Waals surface area contributed by atoms with E-state index >= 15 is 0 Å². The molecule has 3 rings (SSSR count). The summed E-state index contributed by atoms with van der Waals surface area (Å²) in [6.45, 7) is 2.26. The van der Waals surface area contributed by atoms with Gasteiger partial charge in [0, 0.05) is 6.42 Å². The Morgan fingerprint density at radius 2 is 2.39 bits per heavy atom.